The van der Waals surface area contributed by atoms with Crippen LogP contribution in [-0.2, 0) is 18.2 Å². The maximum Gasteiger partial charge on any atom is 0.127 e. The van der Waals surface area contributed by atoms with E-state index in [1.165, 1.54) is 5.56 Å². The van der Waals surface area contributed by atoms with Crippen molar-refractivity contribution in [2.45, 2.75) is 18.6 Å². The Bertz CT molecular complexity index is 553. The average Bonchev–Trinajstić information content (AvgIpc) is 2.83. The maximum atomic E-state index is 10.4. The highest BCUT2D eigenvalue weighted by Gasteiger charge is 2.30. The molecule has 0 radical (unpaired) electrons. The van der Waals surface area contributed by atoms with Gasteiger partial charge in [-0.05, 0) is 17.5 Å². The lowest BCUT2D eigenvalue weighted by atomic mass is 9.93. The molecule has 3 rings (SSSR count). The molecule has 2 aromatic rings. The molecule has 1 aromatic heterocycles. The molecule has 0 amide bonds. The molecule has 2 atom stereocenters. The fourth-order valence-electron chi connectivity index (χ4n) is 2.41. The molecule has 0 bridgehead atoms. The number of aromatic nitrogens is 3. The van der Waals surface area contributed by atoms with Crippen LogP contribution in [0.3, 0.4) is 0 Å². The Balaban J connectivity index is 1.97. The minimum atomic E-state index is -0.744. The normalized spacial score (nSPS) is 20.4. The molecular formula is C13H15N3O2. The molecule has 2 heterocycles. The van der Waals surface area contributed by atoms with E-state index in [0.717, 1.165) is 12.0 Å². The van der Waals surface area contributed by atoms with E-state index in [1.807, 2.05) is 18.2 Å². The summed E-state index contributed by atoms with van der Waals surface area (Å²) in [4.78, 5) is 0. The first-order valence-corrected chi connectivity index (χ1v) is 5.99. The summed E-state index contributed by atoms with van der Waals surface area (Å²) in [5.41, 5.74) is 2.96. The van der Waals surface area contributed by atoms with Crippen LogP contribution in [0.2, 0.25) is 0 Å². The van der Waals surface area contributed by atoms with Gasteiger partial charge in [0.2, 0.25) is 0 Å². The van der Waals surface area contributed by atoms with Gasteiger partial charge in [-0.15, -0.1) is 5.10 Å². The van der Waals surface area contributed by atoms with Crippen molar-refractivity contribution < 1.29 is 9.84 Å². The van der Waals surface area contributed by atoms with Crippen LogP contribution in [0.25, 0.3) is 0 Å². The molecule has 1 aromatic carbocycles. The molecule has 1 aliphatic heterocycles. The predicted molar refractivity (Wildman–Crippen MR) is 64.8 cm³/mol. The molecule has 5 nitrogen and oxygen atoms in total. The number of rotatable bonds is 2. The van der Waals surface area contributed by atoms with Gasteiger partial charge < -0.3 is 9.84 Å². The van der Waals surface area contributed by atoms with Crippen LogP contribution < -0.4 is 0 Å². The zero-order valence-electron chi connectivity index (χ0n) is 10.2. The molecule has 5 heteroatoms. The van der Waals surface area contributed by atoms with Crippen molar-refractivity contribution in [1.82, 2.24) is 15.0 Å². The van der Waals surface area contributed by atoms with E-state index in [9.17, 15) is 5.11 Å². The lowest BCUT2D eigenvalue weighted by molar-refractivity contribution is -0.0513. The Labute approximate surface area is 105 Å². The van der Waals surface area contributed by atoms with Crippen LogP contribution in [0.5, 0.6) is 0 Å². The van der Waals surface area contributed by atoms with Crippen LogP contribution in [0.15, 0.2) is 30.5 Å². The number of ether oxygens (including phenoxy) is 1. The van der Waals surface area contributed by atoms with E-state index in [0.29, 0.717) is 12.3 Å². The van der Waals surface area contributed by atoms with Gasteiger partial charge in [0.1, 0.15) is 12.2 Å². The standard InChI is InChI=1S/C13H15N3O2/c1-16-11(8-14-15-16)12(17)13-10-5-3-2-4-9(10)6-7-18-13/h2-5,8,12-13,17H,6-7H2,1H3. The Hall–Kier alpha value is -1.72. The van der Waals surface area contributed by atoms with Gasteiger partial charge in [0, 0.05) is 7.05 Å². The molecular weight excluding hydrogens is 230 g/mol. The first kappa shape index (κ1) is 11.4. The summed E-state index contributed by atoms with van der Waals surface area (Å²) in [5.74, 6) is 0. The minimum absolute atomic E-state index is 0.341. The zero-order valence-corrected chi connectivity index (χ0v) is 10.2. The third-order valence-electron chi connectivity index (χ3n) is 3.37. The molecule has 1 N–H and O–H groups in total. The van der Waals surface area contributed by atoms with Gasteiger partial charge in [0.05, 0.1) is 18.5 Å². The Morgan fingerprint density at radius 3 is 3.06 bits per heavy atom. The van der Waals surface area contributed by atoms with Gasteiger partial charge in [-0.3, -0.25) is 0 Å². The number of hydrogen-bond acceptors (Lipinski definition) is 4. The summed E-state index contributed by atoms with van der Waals surface area (Å²) in [5, 5.41) is 18.1. The first-order chi connectivity index (χ1) is 8.77. The third-order valence-corrected chi connectivity index (χ3v) is 3.37. The molecule has 0 fully saturated rings. The summed E-state index contributed by atoms with van der Waals surface area (Å²) in [6.45, 7) is 0.629. The molecule has 0 aliphatic carbocycles. The first-order valence-electron chi connectivity index (χ1n) is 5.99. The van der Waals surface area contributed by atoms with E-state index >= 15 is 0 Å². The molecule has 1 aliphatic rings. The second kappa shape index (κ2) is 4.51. The van der Waals surface area contributed by atoms with E-state index in [-0.39, 0.29) is 6.10 Å². The SMILES string of the molecule is Cn1nncc1C(O)C1OCCc2ccccc21. The fraction of sp³-hybridized carbons (Fsp3) is 0.385. The minimum Gasteiger partial charge on any atom is -0.384 e. The molecule has 0 saturated carbocycles. The zero-order chi connectivity index (χ0) is 12.5. The van der Waals surface area contributed by atoms with E-state index in [2.05, 4.69) is 16.4 Å². The van der Waals surface area contributed by atoms with Crippen LogP contribution in [-0.4, -0.2) is 26.7 Å². The number of nitrogens with zero attached hydrogens (tertiary/aromatic N) is 3. The van der Waals surface area contributed by atoms with E-state index in [4.69, 9.17) is 4.74 Å². The van der Waals surface area contributed by atoms with Crippen LogP contribution in [0, 0.1) is 0 Å². The van der Waals surface area contributed by atoms with Crippen molar-refractivity contribution in [3.05, 3.63) is 47.3 Å². The van der Waals surface area contributed by atoms with Gasteiger partial charge in [-0.25, -0.2) is 4.68 Å². The van der Waals surface area contributed by atoms with Crippen molar-refractivity contribution in [2.75, 3.05) is 6.61 Å². The third kappa shape index (κ3) is 1.81. The lowest BCUT2D eigenvalue weighted by Crippen LogP contribution is -2.23. The highest BCUT2D eigenvalue weighted by molar-refractivity contribution is 5.32. The van der Waals surface area contributed by atoms with Crippen molar-refractivity contribution in [1.29, 1.82) is 0 Å². The summed E-state index contributed by atoms with van der Waals surface area (Å²) in [6, 6.07) is 8.07. The molecule has 2 unspecified atom stereocenters. The number of aryl methyl sites for hydroxylation is 1. The van der Waals surface area contributed by atoms with E-state index < -0.39 is 6.10 Å². The highest BCUT2D eigenvalue weighted by Crippen LogP contribution is 2.36. The van der Waals surface area contributed by atoms with E-state index in [1.54, 1.807) is 17.9 Å². The summed E-state index contributed by atoms with van der Waals surface area (Å²) in [6.07, 6.45) is 1.38. The number of aliphatic hydroxyl groups is 1. The Morgan fingerprint density at radius 1 is 1.44 bits per heavy atom. The summed E-state index contributed by atoms with van der Waals surface area (Å²) in [7, 11) is 1.76. The number of hydrogen-bond donors (Lipinski definition) is 1. The number of benzene rings is 1. The number of aliphatic hydroxyl groups excluding tert-OH is 1. The van der Waals surface area contributed by atoms with Gasteiger partial charge in [-0.2, -0.15) is 0 Å². The Kier molecular flexibility index (Phi) is 2.85. The van der Waals surface area contributed by atoms with Gasteiger partial charge in [-0.1, -0.05) is 29.5 Å². The molecule has 0 saturated heterocycles. The second-order valence-corrected chi connectivity index (χ2v) is 4.47. The topological polar surface area (TPSA) is 60.2 Å². The van der Waals surface area contributed by atoms with Crippen molar-refractivity contribution in [3.8, 4) is 0 Å². The monoisotopic (exact) mass is 245 g/mol. The predicted octanol–water partition coefficient (Wildman–Crippen LogP) is 1.16. The molecule has 0 spiro atoms. The quantitative estimate of drug-likeness (QED) is 0.862. The van der Waals surface area contributed by atoms with Crippen molar-refractivity contribution in [2.24, 2.45) is 7.05 Å². The van der Waals surface area contributed by atoms with Crippen molar-refractivity contribution >= 4 is 0 Å². The Morgan fingerprint density at radius 2 is 2.28 bits per heavy atom. The maximum absolute atomic E-state index is 10.4. The summed E-state index contributed by atoms with van der Waals surface area (Å²) >= 11 is 0. The number of fused-ring (bicyclic) bond motifs is 1. The van der Waals surface area contributed by atoms with Gasteiger partial charge in [0.15, 0.2) is 0 Å². The molecule has 18 heavy (non-hydrogen) atoms. The second-order valence-electron chi connectivity index (χ2n) is 4.47. The van der Waals surface area contributed by atoms with Crippen LogP contribution in [0.1, 0.15) is 29.0 Å². The average molecular weight is 245 g/mol. The van der Waals surface area contributed by atoms with Crippen LogP contribution in [0.4, 0.5) is 0 Å². The highest BCUT2D eigenvalue weighted by atomic mass is 16.5. The van der Waals surface area contributed by atoms with Crippen LogP contribution >= 0.6 is 0 Å². The van der Waals surface area contributed by atoms with Gasteiger partial charge in [0.25, 0.3) is 0 Å². The largest absolute Gasteiger partial charge is 0.384 e. The summed E-state index contributed by atoms with van der Waals surface area (Å²) < 4.78 is 7.30. The fourth-order valence-corrected chi connectivity index (χ4v) is 2.41. The van der Waals surface area contributed by atoms with Crippen molar-refractivity contribution in [3.63, 3.8) is 0 Å². The lowest BCUT2D eigenvalue weighted by Gasteiger charge is -2.29. The smallest absolute Gasteiger partial charge is 0.127 e. The molecule has 94 valence electrons. The van der Waals surface area contributed by atoms with Gasteiger partial charge >= 0.3 is 0 Å².